The van der Waals surface area contributed by atoms with Crippen molar-refractivity contribution in [3.05, 3.63) is 35.4 Å². The molecule has 0 radical (unpaired) electrons. The summed E-state index contributed by atoms with van der Waals surface area (Å²) in [5.74, 6) is 0. The zero-order valence-electron chi connectivity index (χ0n) is 10.4. The van der Waals surface area contributed by atoms with E-state index >= 15 is 0 Å². The van der Waals surface area contributed by atoms with Crippen LogP contribution in [0.2, 0.25) is 0 Å². The molecule has 0 bridgehead atoms. The predicted octanol–water partition coefficient (Wildman–Crippen LogP) is 3.11. The van der Waals surface area contributed by atoms with Gasteiger partial charge >= 0.3 is 0 Å². The van der Waals surface area contributed by atoms with Gasteiger partial charge in [0.15, 0.2) is 5.71 Å². The number of rotatable bonds is 1. The molecule has 0 unspecified atom stereocenters. The SMILES string of the molecule is CC.CC[N+]1=C(C)c2ccccc2CC1. The summed E-state index contributed by atoms with van der Waals surface area (Å²) in [4.78, 5) is 0. The Balaban J connectivity index is 0.000000531. The Kier molecular flexibility index (Phi) is 4.54. The van der Waals surface area contributed by atoms with Crippen LogP contribution in [0.1, 0.15) is 38.8 Å². The fourth-order valence-corrected chi connectivity index (χ4v) is 2.08. The highest BCUT2D eigenvalue weighted by molar-refractivity contribution is 5.96. The second-order valence-electron chi connectivity index (χ2n) is 3.57. The van der Waals surface area contributed by atoms with Crippen molar-refractivity contribution in [3.63, 3.8) is 0 Å². The van der Waals surface area contributed by atoms with E-state index in [0.29, 0.717) is 0 Å². The number of likely N-dealkylation sites (N-methyl/N-ethyl adjacent to an activating group) is 1. The molecule has 1 aromatic rings. The van der Waals surface area contributed by atoms with E-state index < -0.39 is 0 Å². The summed E-state index contributed by atoms with van der Waals surface area (Å²) in [5, 5.41) is 0. The van der Waals surface area contributed by atoms with Gasteiger partial charge in [-0.2, -0.15) is 0 Å². The quantitative estimate of drug-likeness (QED) is 0.618. The Morgan fingerprint density at radius 1 is 1.20 bits per heavy atom. The summed E-state index contributed by atoms with van der Waals surface area (Å²) in [5.41, 5.74) is 4.38. The molecule has 1 heterocycles. The molecule has 1 nitrogen and oxygen atoms in total. The number of nitrogens with zero attached hydrogens (tertiary/aromatic N) is 1. The number of hydrogen-bond acceptors (Lipinski definition) is 0. The van der Waals surface area contributed by atoms with Crippen molar-refractivity contribution in [3.8, 4) is 0 Å². The highest BCUT2D eigenvalue weighted by Crippen LogP contribution is 2.14. The Labute approximate surface area is 93.5 Å². The van der Waals surface area contributed by atoms with Crippen molar-refractivity contribution in [2.24, 2.45) is 0 Å². The van der Waals surface area contributed by atoms with Crippen LogP contribution in [-0.2, 0) is 6.42 Å². The lowest BCUT2D eigenvalue weighted by atomic mass is 9.98. The number of hydrogen-bond donors (Lipinski definition) is 0. The molecular formula is C14H22N+. The molecule has 0 aliphatic carbocycles. The molecule has 0 saturated carbocycles. The third-order valence-corrected chi connectivity index (χ3v) is 2.91. The molecular weight excluding hydrogens is 182 g/mol. The third-order valence-electron chi connectivity index (χ3n) is 2.91. The average Bonchev–Trinajstić information content (AvgIpc) is 2.33. The maximum atomic E-state index is 2.45. The van der Waals surface area contributed by atoms with E-state index in [1.54, 1.807) is 0 Å². The van der Waals surface area contributed by atoms with E-state index in [1.165, 1.54) is 29.8 Å². The van der Waals surface area contributed by atoms with E-state index in [9.17, 15) is 0 Å². The molecule has 0 spiro atoms. The van der Waals surface area contributed by atoms with Crippen LogP contribution in [0.25, 0.3) is 0 Å². The molecule has 1 aliphatic heterocycles. The molecule has 82 valence electrons. The Bertz CT molecular complexity index is 350. The molecule has 1 aromatic carbocycles. The van der Waals surface area contributed by atoms with Crippen molar-refractivity contribution < 1.29 is 4.58 Å². The van der Waals surface area contributed by atoms with E-state index in [0.717, 1.165) is 6.54 Å². The Morgan fingerprint density at radius 2 is 1.87 bits per heavy atom. The maximum Gasteiger partial charge on any atom is 0.180 e. The lowest BCUT2D eigenvalue weighted by molar-refractivity contribution is -0.525. The molecule has 0 atom stereocenters. The van der Waals surface area contributed by atoms with Crippen molar-refractivity contribution >= 4 is 5.71 Å². The molecule has 15 heavy (non-hydrogen) atoms. The second-order valence-corrected chi connectivity index (χ2v) is 3.57. The highest BCUT2D eigenvalue weighted by Gasteiger charge is 2.19. The first-order valence-corrected chi connectivity index (χ1v) is 5.99. The van der Waals surface area contributed by atoms with Gasteiger partial charge in [0.05, 0.1) is 0 Å². The van der Waals surface area contributed by atoms with E-state index in [4.69, 9.17) is 0 Å². The largest absolute Gasteiger partial charge is 0.233 e. The van der Waals surface area contributed by atoms with Gasteiger partial charge in [0.2, 0.25) is 0 Å². The summed E-state index contributed by atoms with van der Waals surface area (Å²) in [6.45, 7) is 10.7. The van der Waals surface area contributed by atoms with Crippen LogP contribution in [0.4, 0.5) is 0 Å². The van der Waals surface area contributed by atoms with Crippen molar-refractivity contribution in [1.29, 1.82) is 0 Å². The summed E-state index contributed by atoms with van der Waals surface area (Å²) in [6.07, 6.45) is 1.20. The first-order valence-electron chi connectivity index (χ1n) is 5.99. The van der Waals surface area contributed by atoms with E-state index in [2.05, 4.69) is 42.7 Å². The van der Waals surface area contributed by atoms with Gasteiger partial charge in [-0.1, -0.05) is 32.0 Å². The second kappa shape index (κ2) is 5.69. The maximum absolute atomic E-state index is 2.45. The highest BCUT2D eigenvalue weighted by atomic mass is 15.0. The normalized spacial score (nSPS) is 14.1. The lowest BCUT2D eigenvalue weighted by Crippen LogP contribution is -2.27. The fourth-order valence-electron chi connectivity index (χ4n) is 2.08. The van der Waals surface area contributed by atoms with Crippen molar-refractivity contribution in [2.45, 2.75) is 34.1 Å². The fraction of sp³-hybridized carbons (Fsp3) is 0.500. The summed E-state index contributed by atoms with van der Waals surface area (Å²) >= 11 is 0. The van der Waals surface area contributed by atoms with Gasteiger partial charge in [-0.25, -0.2) is 4.58 Å². The van der Waals surface area contributed by atoms with Crippen LogP contribution in [0.5, 0.6) is 0 Å². The van der Waals surface area contributed by atoms with Crippen LogP contribution in [0, 0.1) is 0 Å². The Hall–Kier alpha value is -1.11. The van der Waals surface area contributed by atoms with Crippen molar-refractivity contribution in [2.75, 3.05) is 13.1 Å². The van der Waals surface area contributed by atoms with Gasteiger partial charge in [-0.15, -0.1) is 0 Å². The van der Waals surface area contributed by atoms with Gasteiger partial charge in [-0.05, 0) is 18.6 Å². The molecule has 1 heteroatoms. The zero-order chi connectivity index (χ0) is 11.3. The topological polar surface area (TPSA) is 3.01 Å². The average molecular weight is 204 g/mol. The first kappa shape index (κ1) is 12.0. The molecule has 0 amide bonds. The van der Waals surface area contributed by atoms with Crippen LogP contribution in [0.3, 0.4) is 0 Å². The van der Waals surface area contributed by atoms with E-state index in [1.807, 2.05) is 13.8 Å². The predicted molar refractivity (Wildman–Crippen MR) is 66.9 cm³/mol. The summed E-state index contributed by atoms with van der Waals surface area (Å²) in [7, 11) is 0. The summed E-state index contributed by atoms with van der Waals surface area (Å²) in [6, 6.07) is 8.73. The van der Waals surface area contributed by atoms with Gasteiger partial charge < -0.3 is 0 Å². The van der Waals surface area contributed by atoms with Crippen LogP contribution < -0.4 is 0 Å². The van der Waals surface area contributed by atoms with Gasteiger partial charge in [-0.3, -0.25) is 0 Å². The van der Waals surface area contributed by atoms with Crippen molar-refractivity contribution in [1.82, 2.24) is 0 Å². The smallest absolute Gasteiger partial charge is 0.180 e. The van der Waals surface area contributed by atoms with Crippen LogP contribution in [-0.4, -0.2) is 23.4 Å². The molecule has 0 saturated heterocycles. The van der Waals surface area contributed by atoms with Gasteiger partial charge in [0.25, 0.3) is 0 Å². The minimum Gasteiger partial charge on any atom is -0.233 e. The van der Waals surface area contributed by atoms with Crippen LogP contribution in [0.15, 0.2) is 24.3 Å². The summed E-state index contributed by atoms with van der Waals surface area (Å²) < 4.78 is 2.45. The number of benzene rings is 1. The molecule has 2 rings (SSSR count). The third kappa shape index (κ3) is 2.47. The Morgan fingerprint density at radius 3 is 2.53 bits per heavy atom. The van der Waals surface area contributed by atoms with Gasteiger partial charge in [0.1, 0.15) is 13.1 Å². The standard InChI is InChI=1S/C12H16N.C2H6/c1-3-13-9-8-11-6-4-5-7-12(11)10(13)2;1-2/h4-7H,3,8-9H2,1-2H3;1-2H3/q+1;. The van der Waals surface area contributed by atoms with Crippen LogP contribution >= 0.6 is 0 Å². The molecule has 0 N–H and O–H groups in total. The lowest BCUT2D eigenvalue weighted by Gasteiger charge is -2.15. The molecule has 1 aliphatic rings. The first-order chi connectivity index (χ1) is 7.33. The minimum atomic E-state index is 1.13. The molecule has 0 aromatic heterocycles. The van der Waals surface area contributed by atoms with E-state index in [-0.39, 0.29) is 0 Å². The minimum absolute atomic E-state index is 1.13. The monoisotopic (exact) mass is 204 g/mol. The molecule has 0 fully saturated rings. The zero-order valence-corrected chi connectivity index (χ0v) is 10.4. The number of fused-ring (bicyclic) bond motifs is 1. The van der Waals surface area contributed by atoms with Gasteiger partial charge in [0, 0.05) is 18.9 Å².